The molecule has 1 fully saturated rings. The van der Waals surface area contributed by atoms with Gasteiger partial charge in [0.05, 0.1) is 30.2 Å². The summed E-state index contributed by atoms with van der Waals surface area (Å²) in [5.74, 6) is 0. The summed E-state index contributed by atoms with van der Waals surface area (Å²) in [6, 6.07) is 11.0. The van der Waals surface area contributed by atoms with Crippen LogP contribution in [-0.2, 0) is 13.1 Å². The number of urea groups is 1. The standard InChI is InChI=1S/C21H23Cl4N3O/c1-28(13-14-2-5-18(23)20(25)10-14)8-6-17(7-9-28)27-21(29)26-12-15-3-4-16(22)11-19(15)24/h2-5,10-11,17H,6-9,12-13H2,1H3,(H-,26,27,29)/p+1. The first-order valence-electron chi connectivity index (χ1n) is 9.50. The Morgan fingerprint density at radius 2 is 1.72 bits per heavy atom. The van der Waals surface area contributed by atoms with Crippen molar-refractivity contribution in [3.05, 3.63) is 67.6 Å². The fraction of sp³-hybridized carbons (Fsp3) is 0.381. The summed E-state index contributed by atoms with van der Waals surface area (Å²) in [4.78, 5) is 12.3. The first kappa shape index (κ1) is 22.5. The normalized spacial score (nSPS) is 21.6. The molecule has 2 aromatic carbocycles. The van der Waals surface area contributed by atoms with Gasteiger partial charge in [-0.25, -0.2) is 4.79 Å². The molecular formula is C21H24Cl4N3O+. The second kappa shape index (κ2) is 9.76. The Labute approximate surface area is 191 Å². The molecule has 0 bridgehead atoms. The van der Waals surface area contributed by atoms with Crippen molar-refractivity contribution in [2.45, 2.75) is 32.0 Å². The SMILES string of the molecule is C[N+]1(Cc2ccc(Cl)c(Cl)c2)CCC(NC(=O)NCc2ccc(Cl)cc2Cl)CC1. The Balaban J connectivity index is 1.46. The average molecular weight is 476 g/mol. The van der Waals surface area contributed by atoms with E-state index in [2.05, 4.69) is 17.7 Å². The molecule has 1 heterocycles. The highest BCUT2D eigenvalue weighted by Crippen LogP contribution is 2.26. The molecule has 0 spiro atoms. The average Bonchev–Trinajstić information content (AvgIpc) is 2.66. The number of benzene rings is 2. The number of amides is 2. The zero-order chi connectivity index (χ0) is 21.0. The van der Waals surface area contributed by atoms with Gasteiger partial charge in [0.15, 0.2) is 0 Å². The number of hydrogen-bond acceptors (Lipinski definition) is 1. The zero-order valence-electron chi connectivity index (χ0n) is 16.2. The first-order chi connectivity index (χ1) is 13.7. The van der Waals surface area contributed by atoms with E-state index in [1.807, 2.05) is 24.3 Å². The van der Waals surface area contributed by atoms with E-state index in [0.29, 0.717) is 26.6 Å². The number of likely N-dealkylation sites (tertiary alicyclic amines) is 1. The van der Waals surface area contributed by atoms with Crippen molar-refractivity contribution in [2.24, 2.45) is 0 Å². The summed E-state index contributed by atoms with van der Waals surface area (Å²) in [5.41, 5.74) is 2.01. The van der Waals surface area contributed by atoms with E-state index >= 15 is 0 Å². The number of carbonyl (C=O) groups is 1. The van der Waals surface area contributed by atoms with E-state index in [1.165, 1.54) is 5.56 Å². The predicted octanol–water partition coefficient (Wildman–Crippen LogP) is 5.91. The van der Waals surface area contributed by atoms with Gasteiger partial charge < -0.3 is 15.1 Å². The van der Waals surface area contributed by atoms with Gasteiger partial charge in [0.1, 0.15) is 6.54 Å². The molecule has 0 saturated carbocycles. The largest absolute Gasteiger partial charge is 0.335 e. The van der Waals surface area contributed by atoms with Crippen LogP contribution in [0.1, 0.15) is 24.0 Å². The lowest BCUT2D eigenvalue weighted by molar-refractivity contribution is -0.927. The van der Waals surface area contributed by atoms with Crippen molar-refractivity contribution < 1.29 is 9.28 Å². The number of hydrogen-bond donors (Lipinski definition) is 2. The van der Waals surface area contributed by atoms with Crippen LogP contribution in [-0.4, -0.2) is 36.7 Å². The number of halogens is 4. The van der Waals surface area contributed by atoms with Crippen LogP contribution in [0.3, 0.4) is 0 Å². The maximum Gasteiger partial charge on any atom is 0.315 e. The maximum absolute atomic E-state index is 12.3. The third kappa shape index (κ3) is 6.40. The molecule has 0 aliphatic carbocycles. The molecule has 2 N–H and O–H groups in total. The number of carbonyl (C=O) groups excluding carboxylic acids is 1. The molecule has 1 saturated heterocycles. The van der Waals surface area contributed by atoms with Crippen LogP contribution in [0.5, 0.6) is 0 Å². The predicted molar refractivity (Wildman–Crippen MR) is 121 cm³/mol. The lowest BCUT2D eigenvalue weighted by Crippen LogP contribution is -2.54. The summed E-state index contributed by atoms with van der Waals surface area (Å²) < 4.78 is 0.915. The fourth-order valence-electron chi connectivity index (χ4n) is 3.65. The number of nitrogens with one attached hydrogen (secondary N) is 2. The van der Waals surface area contributed by atoms with E-state index in [0.717, 1.165) is 42.5 Å². The summed E-state index contributed by atoms with van der Waals surface area (Å²) in [5, 5.41) is 8.23. The molecular weight excluding hydrogens is 452 g/mol. The number of piperidine rings is 1. The highest BCUT2D eigenvalue weighted by atomic mass is 35.5. The number of quaternary nitrogens is 1. The molecule has 0 radical (unpaired) electrons. The van der Waals surface area contributed by atoms with E-state index in [1.54, 1.807) is 12.1 Å². The Bertz CT molecular complexity index is 882. The molecule has 29 heavy (non-hydrogen) atoms. The Kier molecular flexibility index (Phi) is 7.58. The maximum atomic E-state index is 12.3. The van der Waals surface area contributed by atoms with E-state index < -0.39 is 0 Å². The molecule has 0 atom stereocenters. The van der Waals surface area contributed by atoms with Crippen molar-refractivity contribution in [1.82, 2.24) is 10.6 Å². The first-order valence-corrected chi connectivity index (χ1v) is 11.0. The molecule has 156 valence electrons. The van der Waals surface area contributed by atoms with Crippen molar-refractivity contribution in [3.63, 3.8) is 0 Å². The number of rotatable bonds is 5. The third-order valence-corrected chi connectivity index (χ3v) is 6.70. The van der Waals surface area contributed by atoms with Crippen LogP contribution in [0, 0.1) is 0 Å². The van der Waals surface area contributed by atoms with Crippen LogP contribution in [0.4, 0.5) is 4.79 Å². The van der Waals surface area contributed by atoms with Crippen molar-refractivity contribution >= 4 is 52.4 Å². The van der Waals surface area contributed by atoms with Crippen LogP contribution in [0.2, 0.25) is 20.1 Å². The fourth-order valence-corrected chi connectivity index (χ4v) is 4.45. The van der Waals surface area contributed by atoms with Crippen LogP contribution >= 0.6 is 46.4 Å². The molecule has 1 aliphatic rings. The van der Waals surface area contributed by atoms with Crippen LogP contribution in [0.25, 0.3) is 0 Å². The van der Waals surface area contributed by atoms with Gasteiger partial charge in [-0.2, -0.15) is 0 Å². The van der Waals surface area contributed by atoms with Crippen molar-refractivity contribution in [3.8, 4) is 0 Å². The van der Waals surface area contributed by atoms with Gasteiger partial charge in [0, 0.05) is 41.0 Å². The van der Waals surface area contributed by atoms with Crippen molar-refractivity contribution in [1.29, 1.82) is 0 Å². The summed E-state index contributed by atoms with van der Waals surface area (Å²) in [7, 11) is 2.24. The highest BCUT2D eigenvalue weighted by molar-refractivity contribution is 6.42. The lowest BCUT2D eigenvalue weighted by Gasteiger charge is -2.40. The topological polar surface area (TPSA) is 41.1 Å². The van der Waals surface area contributed by atoms with Gasteiger partial charge in [-0.15, -0.1) is 0 Å². The van der Waals surface area contributed by atoms with E-state index in [9.17, 15) is 4.79 Å². The monoisotopic (exact) mass is 474 g/mol. The minimum Gasteiger partial charge on any atom is -0.335 e. The van der Waals surface area contributed by atoms with Gasteiger partial charge in [-0.3, -0.25) is 0 Å². The highest BCUT2D eigenvalue weighted by Gasteiger charge is 2.31. The number of nitrogens with zero attached hydrogens (tertiary/aromatic N) is 1. The molecule has 2 aromatic rings. The minimum absolute atomic E-state index is 0.163. The zero-order valence-corrected chi connectivity index (χ0v) is 19.2. The van der Waals surface area contributed by atoms with Crippen LogP contribution < -0.4 is 10.6 Å². The Hall–Kier alpha value is -1.17. The van der Waals surface area contributed by atoms with Crippen LogP contribution in [0.15, 0.2) is 36.4 Å². The molecule has 2 amide bonds. The Morgan fingerprint density at radius 1 is 1.00 bits per heavy atom. The smallest absolute Gasteiger partial charge is 0.315 e. The van der Waals surface area contributed by atoms with E-state index in [4.69, 9.17) is 46.4 Å². The van der Waals surface area contributed by atoms with Crippen molar-refractivity contribution in [2.75, 3.05) is 20.1 Å². The molecule has 3 rings (SSSR count). The lowest BCUT2D eigenvalue weighted by atomic mass is 10.0. The van der Waals surface area contributed by atoms with Gasteiger partial charge in [0.25, 0.3) is 0 Å². The molecule has 0 aromatic heterocycles. The summed E-state index contributed by atoms with van der Waals surface area (Å²) in [6.07, 6.45) is 1.85. The second-order valence-electron chi connectivity index (χ2n) is 7.81. The van der Waals surface area contributed by atoms with Gasteiger partial charge in [-0.1, -0.05) is 58.5 Å². The quantitative estimate of drug-likeness (QED) is 0.518. The van der Waals surface area contributed by atoms with Gasteiger partial charge in [-0.05, 0) is 29.8 Å². The molecule has 8 heteroatoms. The minimum atomic E-state index is -0.179. The second-order valence-corrected chi connectivity index (χ2v) is 9.47. The Morgan fingerprint density at radius 3 is 2.38 bits per heavy atom. The van der Waals surface area contributed by atoms with E-state index in [-0.39, 0.29) is 12.1 Å². The van der Waals surface area contributed by atoms with Gasteiger partial charge in [0.2, 0.25) is 0 Å². The third-order valence-electron chi connectivity index (χ3n) is 5.37. The molecule has 0 unspecified atom stereocenters. The van der Waals surface area contributed by atoms with Gasteiger partial charge >= 0.3 is 6.03 Å². The summed E-state index contributed by atoms with van der Waals surface area (Å²) in [6.45, 7) is 3.22. The summed E-state index contributed by atoms with van der Waals surface area (Å²) >= 11 is 24.2. The molecule has 4 nitrogen and oxygen atoms in total. The molecule has 1 aliphatic heterocycles.